The number of hydrogen-bond acceptors (Lipinski definition) is 3. The monoisotopic (exact) mass is 343 g/mol. The Morgan fingerprint density at radius 1 is 1.16 bits per heavy atom. The van der Waals surface area contributed by atoms with Gasteiger partial charge < -0.3 is 15.2 Å². The van der Waals surface area contributed by atoms with Crippen LogP contribution in [0.4, 0.5) is 0 Å². The Bertz CT molecular complexity index is 743. The van der Waals surface area contributed by atoms with Crippen LogP contribution in [0.5, 0.6) is 0 Å². The first-order chi connectivity index (χ1) is 11.9. The second-order valence-corrected chi connectivity index (χ2v) is 6.65. The molecular formula is C20H25NO4. The number of aliphatic carboxylic acids is 1. The van der Waals surface area contributed by atoms with Crippen molar-refractivity contribution in [1.29, 1.82) is 0 Å². The molecule has 0 aliphatic heterocycles. The number of carboxylic acid groups (broad SMARTS) is 1. The third kappa shape index (κ3) is 5.87. The second kappa shape index (κ2) is 8.62. The van der Waals surface area contributed by atoms with Gasteiger partial charge in [0.1, 0.15) is 0 Å². The molecule has 1 amide bonds. The van der Waals surface area contributed by atoms with Crippen molar-refractivity contribution >= 4 is 22.6 Å². The molecule has 0 aromatic heterocycles. The third-order valence-corrected chi connectivity index (χ3v) is 4.13. The third-order valence-electron chi connectivity index (χ3n) is 4.13. The van der Waals surface area contributed by atoms with E-state index in [-0.39, 0.29) is 18.9 Å². The zero-order valence-electron chi connectivity index (χ0n) is 14.7. The molecule has 0 aliphatic rings. The fraction of sp³-hybridized carbons (Fsp3) is 0.400. The zero-order valence-corrected chi connectivity index (χ0v) is 14.7. The van der Waals surface area contributed by atoms with Crippen molar-refractivity contribution in [3.8, 4) is 0 Å². The van der Waals surface area contributed by atoms with E-state index >= 15 is 0 Å². The predicted octanol–water partition coefficient (Wildman–Crippen LogP) is 3.16. The predicted molar refractivity (Wildman–Crippen MR) is 97.6 cm³/mol. The highest BCUT2D eigenvalue weighted by atomic mass is 16.5. The first kappa shape index (κ1) is 18.9. The standard InChI is InChI=1S/C20H25NO4/c1-20(14-25-2,13-19(23)24)21-18(22)9-5-6-15-10-11-16-7-3-4-8-17(16)12-15/h3-4,7-8,10-12H,5-6,9,13-14H2,1-2H3,(H,21,22)(H,23,24). The van der Waals surface area contributed by atoms with Crippen LogP contribution in [0.1, 0.15) is 31.7 Å². The number of amides is 1. The average molecular weight is 343 g/mol. The molecule has 5 nitrogen and oxygen atoms in total. The molecular weight excluding hydrogens is 318 g/mol. The lowest BCUT2D eigenvalue weighted by Gasteiger charge is -2.28. The zero-order chi connectivity index (χ0) is 18.3. The van der Waals surface area contributed by atoms with Crippen molar-refractivity contribution in [3.05, 3.63) is 48.0 Å². The van der Waals surface area contributed by atoms with Gasteiger partial charge in [-0.2, -0.15) is 0 Å². The molecule has 2 rings (SSSR count). The summed E-state index contributed by atoms with van der Waals surface area (Å²) < 4.78 is 5.05. The van der Waals surface area contributed by atoms with Crippen molar-refractivity contribution in [3.63, 3.8) is 0 Å². The van der Waals surface area contributed by atoms with Gasteiger partial charge in [0.2, 0.25) is 5.91 Å². The fourth-order valence-electron chi connectivity index (χ4n) is 3.03. The topological polar surface area (TPSA) is 75.6 Å². The molecule has 0 spiro atoms. The molecule has 0 saturated heterocycles. The lowest BCUT2D eigenvalue weighted by Crippen LogP contribution is -2.50. The summed E-state index contributed by atoms with van der Waals surface area (Å²) in [6, 6.07) is 14.5. The van der Waals surface area contributed by atoms with E-state index in [9.17, 15) is 9.59 Å². The minimum atomic E-state index is -0.962. The first-order valence-corrected chi connectivity index (χ1v) is 8.41. The summed E-state index contributed by atoms with van der Waals surface area (Å²) in [5, 5.41) is 14.2. The van der Waals surface area contributed by atoms with Crippen LogP contribution < -0.4 is 5.32 Å². The molecule has 0 radical (unpaired) electrons. The summed E-state index contributed by atoms with van der Waals surface area (Å²) in [7, 11) is 1.49. The van der Waals surface area contributed by atoms with E-state index in [0.29, 0.717) is 12.8 Å². The molecule has 25 heavy (non-hydrogen) atoms. The number of nitrogens with one attached hydrogen (secondary N) is 1. The van der Waals surface area contributed by atoms with Crippen molar-refractivity contribution < 1.29 is 19.4 Å². The van der Waals surface area contributed by atoms with Crippen molar-refractivity contribution in [1.82, 2.24) is 5.32 Å². The van der Waals surface area contributed by atoms with Gasteiger partial charge in [-0.05, 0) is 36.1 Å². The molecule has 0 fully saturated rings. The molecule has 0 bridgehead atoms. The lowest BCUT2D eigenvalue weighted by atomic mass is 9.98. The SMILES string of the molecule is COCC(C)(CC(=O)O)NC(=O)CCCc1ccc2ccccc2c1. The Morgan fingerprint density at radius 3 is 2.56 bits per heavy atom. The minimum Gasteiger partial charge on any atom is -0.481 e. The highest BCUT2D eigenvalue weighted by molar-refractivity contribution is 5.83. The quantitative estimate of drug-likeness (QED) is 0.733. The van der Waals surface area contributed by atoms with E-state index in [1.54, 1.807) is 6.92 Å². The van der Waals surface area contributed by atoms with Gasteiger partial charge in [-0.25, -0.2) is 0 Å². The smallest absolute Gasteiger partial charge is 0.305 e. The normalized spacial score (nSPS) is 13.4. The maximum Gasteiger partial charge on any atom is 0.305 e. The first-order valence-electron chi connectivity index (χ1n) is 8.41. The number of carbonyl (C=O) groups excluding carboxylic acids is 1. The largest absolute Gasteiger partial charge is 0.481 e. The molecule has 2 N–H and O–H groups in total. The summed E-state index contributed by atoms with van der Waals surface area (Å²) in [6.45, 7) is 1.85. The van der Waals surface area contributed by atoms with Gasteiger partial charge in [0.25, 0.3) is 0 Å². The highest BCUT2D eigenvalue weighted by Crippen LogP contribution is 2.17. The van der Waals surface area contributed by atoms with E-state index in [2.05, 4.69) is 35.6 Å². The lowest BCUT2D eigenvalue weighted by molar-refractivity contribution is -0.139. The molecule has 134 valence electrons. The number of aryl methyl sites for hydroxylation is 1. The summed E-state index contributed by atoms with van der Waals surface area (Å²) >= 11 is 0. The van der Waals surface area contributed by atoms with E-state index in [1.165, 1.54) is 23.4 Å². The number of carboxylic acids is 1. The minimum absolute atomic E-state index is 0.151. The van der Waals surface area contributed by atoms with Crippen LogP contribution in [0.3, 0.4) is 0 Å². The van der Waals surface area contributed by atoms with Crippen molar-refractivity contribution in [2.24, 2.45) is 0 Å². The van der Waals surface area contributed by atoms with Crippen LogP contribution in [-0.2, 0) is 20.7 Å². The summed E-state index contributed by atoms with van der Waals surface area (Å²) in [5.74, 6) is -1.11. The molecule has 2 aromatic rings. The Labute approximate surface area is 148 Å². The Kier molecular flexibility index (Phi) is 6.53. The van der Waals surface area contributed by atoms with Gasteiger partial charge in [-0.1, -0.05) is 42.5 Å². The van der Waals surface area contributed by atoms with Crippen LogP contribution in [0.15, 0.2) is 42.5 Å². The van der Waals surface area contributed by atoms with Crippen molar-refractivity contribution in [2.75, 3.05) is 13.7 Å². The molecule has 0 saturated carbocycles. The van der Waals surface area contributed by atoms with Gasteiger partial charge >= 0.3 is 5.97 Å². The summed E-state index contributed by atoms with van der Waals surface area (Å²) in [6.07, 6.45) is 1.70. The number of methoxy groups -OCH3 is 1. The van der Waals surface area contributed by atoms with E-state index in [4.69, 9.17) is 9.84 Å². The number of hydrogen-bond donors (Lipinski definition) is 2. The molecule has 1 unspecified atom stereocenters. The average Bonchev–Trinajstić information content (AvgIpc) is 2.53. The number of benzene rings is 2. The van der Waals surface area contributed by atoms with Gasteiger partial charge in [-0.15, -0.1) is 0 Å². The maximum atomic E-state index is 12.2. The van der Waals surface area contributed by atoms with Gasteiger partial charge in [0.05, 0.1) is 18.6 Å². The number of carbonyl (C=O) groups is 2. The highest BCUT2D eigenvalue weighted by Gasteiger charge is 2.29. The van der Waals surface area contributed by atoms with E-state index in [0.717, 1.165) is 6.42 Å². The Morgan fingerprint density at radius 2 is 1.88 bits per heavy atom. The number of ether oxygens (including phenoxy) is 1. The molecule has 5 heteroatoms. The Hall–Kier alpha value is -2.40. The second-order valence-electron chi connectivity index (χ2n) is 6.65. The van der Waals surface area contributed by atoms with Crippen LogP contribution in [0.2, 0.25) is 0 Å². The van der Waals surface area contributed by atoms with Crippen LogP contribution in [0.25, 0.3) is 10.8 Å². The van der Waals surface area contributed by atoms with Crippen LogP contribution in [-0.4, -0.2) is 36.2 Å². The molecule has 0 heterocycles. The summed E-state index contributed by atoms with van der Waals surface area (Å²) in [5.41, 5.74) is 0.303. The van der Waals surface area contributed by atoms with E-state index < -0.39 is 11.5 Å². The molecule has 0 aliphatic carbocycles. The number of rotatable bonds is 9. The van der Waals surface area contributed by atoms with Crippen molar-refractivity contribution in [2.45, 2.75) is 38.1 Å². The molecule has 1 atom stereocenters. The fourth-order valence-corrected chi connectivity index (χ4v) is 3.03. The van der Waals surface area contributed by atoms with Crippen LogP contribution >= 0.6 is 0 Å². The van der Waals surface area contributed by atoms with Gasteiger partial charge in [0.15, 0.2) is 0 Å². The van der Waals surface area contributed by atoms with Gasteiger partial charge in [0, 0.05) is 13.5 Å². The number of fused-ring (bicyclic) bond motifs is 1. The Balaban J connectivity index is 1.87. The maximum absolute atomic E-state index is 12.2. The van der Waals surface area contributed by atoms with E-state index in [1.807, 2.05) is 12.1 Å². The van der Waals surface area contributed by atoms with Crippen LogP contribution in [0, 0.1) is 0 Å². The molecule has 2 aromatic carbocycles. The van der Waals surface area contributed by atoms with Gasteiger partial charge in [-0.3, -0.25) is 9.59 Å². The summed E-state index contributed by atoms with van der Waals surface area (Å²) in [4.78, 5) is 23.1.